The van der Waals surface area contributed by atoms with E-state index in [9.17, 15) is 26.7 Å². The molecule has 3 nitrogen and oxygen atoms in total. The average molecular weight is 256 g/mol. The molecular weight excluding hydrogens is 251 g/mol. The highest BCUT2D eigenvalue weighted by atomic mass is 19.2. The summed E-state index contributed by atoms with van der Waals surface area (Å²) in [7, 11) is 0.918. The maximum Gasteiger partial charge on any atom is 0.508 e. The maximum absolute atomic E-state index is 13.0. The molecule has 0 saturated heterocycles. The maximum atomic E-state index is 13.0. The molecule has 8 heteroatoms. The minimum atomic E-state index is -2.28. The fourth-order valence-electron chi connectivity index (χ4n) is 0.967. The normalized spacial score (nSPS) is 10.2. The zero-order chi connectivity index (χ0) is 13.2. The van der Waals surface area contributed by atoms with Crippen LogP contribution in [-0.2, 0) is 16.1 Å². The first-order valence-electron chi connectivity index (χ1n) is 4.11. The minimum absolute atomic E-state index is 0.918. The van der Waals surface area contributed by atoms with E-state index in [0.29, 0.717) is 0 Å². The average Bonchev–Trinajstić information content (AvgIpc) is 2.33. The van der Waals surface area contributed by atoms with E-state index in [1.807, 2.05) is 0 Å². The lowest BCUT2D eigenvalue weighted by molar-refractivity contribution is 0.0647. The van der Waals surface area contributed by atoms with Gasteiger partial charge in [0.15, 0.2) is 23.3 Å². The molecule has 0 bridgehead atoms. The van der Waals surface area contributed by atoms with Crippen molar-refractivity contribution >= 4 is 6.16 Å². The fourth-order valence-corrected chi connectivity index (χ4v) is 0.967. The molecule has 0 radical (unpaired) electrons. The van der Waals surface area contributed by atoms with Gasteiger partial charge in [-0.3, -0.25) is 0 Å². The summed E-state index contributed by atoms with van der Waals surface area (Å²) in [5, 5.41) is 0. The first kappa shape index (κ1) is 13.2. The van der Waals surface area contributed by atoms with Crippen LogP contribution in [0.5, 0.6) is 0 Å². The highest BCUT2D eigenvalue weighted by molar-refractivity contribution is 5.59. The summed E-state index contributed by atoms with van der Waals surface area (Å²) in [5.41, 5.74) is -1.24. The van der Waals surface area contributed by atoms with Gasteiger partial charge >= 0.3 is 6.16 Å². The Hall–Kier alpha value is -1.86. The van der Waals surface area contributed by atoms with E-state index in [0.717, 1.165) is 7.11 Å². The number of carbonyl (C=O) groups excluding carboxylic acids is 1. The van der Waals surface area contributed by atoms with Gasteiger partial charge in [0, 0.05) is 0 Å². The minimum Gasteiger partial charge on any atom is -0.438 e. The number of benzene rings is 1. The summed E-state index contributed by atoms with van der Waals surface area (Å²) in [5.74, 6) is -10.6. The lowest BCUT2D eigenvalue weighted by Gasteiger charge is -2.08. The second-order valence-corrected chi connectivity index (χ2v) is 2.79. The van der Waals surface area contributed by atoms with Crippen LogP contribution >= 0.6 is 0 Å². The smallest absolute Gasteiger partial charge is 0.438 e. The van der Waals surface area contributed by atoms with E-state index >= 15 is 0 Å². The van der Waals surface area contributed by atoms with E-state index in [-0.39, 0.29) is 0 Å². The monoisotopic (exact) mass is 256 g/mol. The van der Waals surface area contributed by atoms with Crippen molar-refractivity contribution in [2.45, 2.75) is 6.61 Å². The first-order valence-corrected chi connectivity index (χ1v) is 4.11. The van der Waals surface area contributed by atoms with Crippen molar-refractivity contribution in [2.24, 2.45) is 0 Å². The van der Waals surface area contributed by atoms with Crippen LogP contribution in [0.15, 0.2) is 0 Å². The van der Waals surface area contributed by atoms with E-state index in [1.165, 1.54) is 0 Å². The first-order chi connectivity index (χ1) is 7.90. The lowest BCUT2D eigenvalue weighted by atomic mass is 10.2. The molecule has 1 aromatic carbocycles. The number of hydrogen-bond acceptors (Lipinski definition) is 3. The summed E-state index contributed by atoms with van der Waals surface area (Å²) < 4.78 is 72.0. The standard InChI is InChI=1S/C9H5F5O3/c1-16-9(15)17-2-3-4(10)6(12)8(14)7(13)5(3)11/h2H2,1H3. The van der Waals surface area contributed by atoms with Crippen LogP contribution in [0.3, 0.4) is 0 Å². The van der Waals surface area contributed by atoms with Crippen LogP contribution in [0.4, 0.5) is 26.7 Å². The zero-order valence-corrected chi connectivity index (χ0v) is 8.32. The molecule has 1 aromatic rings. The van der Waals surface area contributed by atoms with Gasteiger partial charge in [-0.2, -0.15) is 0 Å². The quantitative estimate of drug-likeness (QED) is 0.353. The predicted octanol–water partition coefficient (Wildman–Crippen LogP) is 2.67. The molecule has 0 spiro atoms. The Labute approximate surface area is 91.7 Å². The topological polar surface area (TPSA) is 35.5 Å². The van der Waals surface area contributed by atoms with Crippen molar-refractivity contribution in [3.05, 3.63) is 34.6 Å². The molecule has 0 aliphatic carbocycles. The van der Waals surface area contributed by atoms with Gasteiger partial charge in [0.2, 0.25) is 5.82 Å². The second-order valence-electron chi connectivity index (χ2n) is 2.79. The lowest BCUT2D eigenvalue weighted by Crippen LogP contribution is -2.11. The van der Waals surface area contributed by atoms with Crippen LogP contribution in [0.2, 0.25) is 0 Å². The Morgan fingerprint density at radius 3 is 1.76 bits per heavy atom. The van der Waals surface area contributed by atoms with Gasteiger partial charge in [-0.1, -0.05) is 0 Å². The van der Waals surface area contributed by atoms with Crippen molar-refractivity contribution in [3.8, 4) is 0 Å². The van der Waals surface area contributed by atoms with Crippen molar-refractivity contribution in [1.29, 1.82) is 0 Å². The van der Waals surface area contributed by atoms with Crippen molar-refractivity contribution in [1.82, 2.24) is 0 Å². The van der Waals surface area contributed by atoms with Crippen LogP contribution < -0.4 is 0 Å². The van der Waals surface area contributed by atoms with E-state index in [4.69, 9.17) is 0 Å². The van der Waals surface area contributed by atoms with Crippen LogP contribution in [0.25, 0.3) is 0 Å². The highest BCUT2D eigenvalue weighted by Crippen LogP contribution is 2.23. The molecule has 94 valence electrons. The van der Waals surface area contributed by atoms with Gasteiger partial charge in [-0.05, 0) is 0 Å². The number of carbonyl (C=O) groups is 1. The SMILES string of the molecule is COC(=O)OCc1c(F)c(F)c(F)c(F)c1F. The van der Waals surface area contributed by atoms with Gasteiger partial charge in [-0.15, -0.1) is 0 Å². The van der Waals surface area contributed by atoms with Gasteiger partial charge in [0.25, 0.3) is 0 Å². The largest absolute Gasteiger partial charge is 0.508 e. The van der Waals surface area contributed by atoms with Gasteiger partial charge in [0.1, 0.15) is 6.61 Å². The Balaban J connectivity index is 3.12. The molecule has 0 aromatic heterocycles. The van der Waals surface area contributed by atoms with Gasteiger partial charge in [0.05, 0.1) is 12.7 Å². The molecule has 0 N–H and O–H groups in total. The summed E-state index contributed by atoms with van der Waals surface area (Å²) in [4.78, 5) is 10.5. The molecule has 0 saturated carbocycles. The predicted molar refractivity (Wildman–Crippen MR) is 43.4 cm³/mol. The van der Waals surface area contributed by atoms with E-state index < -0.39 is 47.4 Å². The number of hydrogen-bond donors (Lipinski definition) is 0. The van der Waals surface area contributed by atoms with Crippen molar-refractivity contribution in [2.75, 3.05) is 7.11 Å². The third-order valence-electron chi connectivity index (χ3n) is 1.80. The third kappa shape index (κ3) is 2.45. The van der Waals surface area contributed by atoms with E-state index in [1.54, 1.807) is 0 Å². The summed E-state index contributed by atoms with van der Waals surface area (Å²) in [6, 6.07) is 0. The van der Waals surface area contributed by atoms with Crippen LogP contribution in [0, 0.1) is 29.1 Å². The van der Waals surface area contributed by atoms with E-state index in [2.05, 4.69) is 9.47 Å². The molecule has 0 aliphatic heterocycles. The molecule has 1 rings (SSSR count). The highest BCUT2D eigenvalue weighted by Gasteiger charge is 2.26. The Kier molecular flexibility index (Phi) is 3.87. The Bertz CT molecular complexity index is 431. The molecule has 0 heterocycles. The Morgan fingerprint density at radius 2 is 1.35 bits per heavy atom. The summed E-state index contributed by atoms with van der Waals surface area (Å²) in [6.45, 7) is -1.13. The van der Waals surface area contributed by atoms with Crippen LogP contribution in [-0.4, -0.2) is 13.3 Å². The fraction of sp³-hybridized carbons (Fsp3) is 0.222. The van der Waals surface area contributed by atoms with Crippen molar-refractivity contribution in [3.63, 3.8) is 0 Å². The van der Waals surface area contributed by atoms with Gasteiger partial charge < -0.3 is 9.47 Å². The Morgan fingerprint density at radius 1 is 0.941 bits per heavy atom. The molecule has 0 amide bonds. The molecule has 0 atom stereocenters. The van der Waals surface area contributed by atoms with Crippen molar-refractivity contribution < 1.29 is 36.2 Å². The summed E-state index contributed by atoms with van der Waals surface area (Å²) in [6.07, 6.45) is -1.31. The number of rotatable bonds is 2. The zero-order valence-electron chi connectivity index (χ0n) is 8.32. The number of halogens is 5. The summed E-state index contributed by atoms with van der Waals surface area (Å²) >= 11 is 0. The molecule has 0 fully saturated rings. The molecule has 0 unspecified atom stereocenters. The number of methoxy groups -OCH3 is 1. The van der Waals surface area contributed by atoms with Crippen LogP contribution in [0.1, 0.15) is 5.56 Å². The molecular formula is C9H5F5O3. The second kappa shape index (κ2) is 4.98. The molecule has 0 aliphatic rings. The molecule has 17 heavy (non-hydrogen) atoms. The third-order valence-corrected chi connectivity index (χ3v) is 1.80. The van der Waals surface area contributed by atoms with Gasteiger partial charge in [-0.25, -0.2) is 26.7 Å². The number of ether oxygens (including phenoxy) is 2.